The molecule has 0 aromatic carbocycles. The predicted octanol–water partition coefficient (Wildman–Crippen LogP) is 2.24. The van der Waals surface area contributed by atoms with E-state index in [4.69, 9.17) is 0 Å². The monoisotopic (exact) mass is 203 g/mol. The standard InChI is InChI=1S/C8H14BrN/c1-7(9)4-10-5-8(2,3)6-10/h1,4-6H2,2-3H3. The molecule has 0 saturated carbocycles. The van der Waals surface area contributed by atoms with Gasteiger partial charge in [0.25, 0.3) is 0 Å². The molecule has 0 aromatic heterocycles. The van der Waals surface area contributed by atoms with E-state index in [1.54, 1.807) is 0 Å². The van der Waals surface area contributed by atoms with E-state index in [1.807, 2.05) is 0 Å². The Balaban J connectivity index is 2.21. The molecule has 0 radical (unpaired) electrons. The first-order valence-corrected chi connectivity index (χ1v) is 4.34. The van der Waals surface area contributed by atoms with Gasteiger partial charge >= 0.3 is 0 Å². The third kappa shape index (κ3) is 2.10. The van der Waals surface area contributed by atoms with Crippen LogP contribution in [0.2, 0.25) is 0 Å². The largest absolute Gasteiger partial charge is 0.297 e. The number of likely N-dealkylation sites (tertiary alicyclic amines) is 1. The van der Waals surface area contributed by atoms with Crippen LogP contribution in [-0.4, -0.2) is 24.5 Å². The summed E-state index contributed by atoms with van der Waals surface area (Å²) in [5, 5.41) is 0. The third-order valence-electron chi connectivity index (χ3n) is 1.70. The normalized spacial score (nSPS) is 23.9. The molecule has 0 aromatic rings. The van der Waals surface area contributed by atoms with Crippen molar-refractivity contribution in [2.24, 2.45) is 5.41 Å². The molecule has 0 bridgehead atoms. The van der Waals surface area contributed by atoms with Crippen LogP contribution in [0.4, 0.5) is 0 Å². The van der Waals surface area contributed by atoms with Crippen LogP contribution >= 0.6 is 15.9 Å². The molecule has 0 atom stereocenters. The predicted molar refractivity (Wildman–Crippen MR) is 48.3 cm³/mol. The van der Waals surface area contributed by atoms with E-state index >= 15 is 0 Å². The van der Waals surface area contributed by atoms with Gasteiger partial charge in [-0.15, -0.1) is 0 Å². The fourth-order valence-corrected chi connectivity index (χ4v) is 1.87. The molecule has 0 unspecified atom stereocenters. The van der Waals surface area contributed by atoms with Gasteiger partial charge in [0, 0.05) is 24.1 Å². The van der Waals surface area contributed by atoms with Crippen molar-refractivity contribution in [3.63, 3.8) is 0 Å². The number of rotatable bonds is 2. The van der Waals surface area contributed by atoms with Crippen LogP contribution in [0.15, 0.2) is 11.1 Å². The Morgan fingerprint density at radius 3 is 2.40 bits per heavy atom. The Hall–Kier alpha value is 0.180. The van der Waals surface area contributed by atoms with Crippen LogP contribution in [0.25, 0.3) is 0 Å². The quantitative estimate of drug-likeness (QED) is 0.666. The van der Waals surface area contributed by atoms with Gasteiger partial charge < -0.3 is 0 Å². The topological polar surface area (TPSA) is 3.24 Å². The average Bonchev–Trinajstić information content (AvgIpc) is 1.57. The minimum atomic E-state index is 0.544. The summed E-state index contributed by atoms with van der Waals surface area (Å²) >= 11 is 3.35. The number of hydrogen-bond acceptors (Lipinski definition) is 1. The molecular weight excluding hydrogens is 190 g/mol. The maximum Gasteiger partial charge on any atom is 0.0294 e. The Kier molecular flexibility index (Phi) is 2.21. The molecule has 1 saturated heterocycles. The summed E-state index contributed by atoms with van der Waals surface area (Å²) in [7, 11) is 0. The molecule has 1 rings (SSSR count). The Morgan fingerprint density at radius 1 is 1.60 bits per heavy atom. The van der Waals surface area contributed by atoms with Crippen molar-refractivity contribution in [3.8, 4) is 0 Å². The van der Waals surface area contributed by atoms with Gasteiger partial charge in [0.05, 0.1) is 0 Å². The minimum absolute atomic E-state index is 0.544. The van der Waals surface area contributed by atoms with Gasteiger partial charge in [-0.3, -0.25) is 4.90 Å². The van der Waals surface area contributed by atoms with Gasteiger partial charge in [0.2, 0.25) is 0 Å². The molecule has 1 heterocycles. The van der Waals surface area contributed by atoms with Gasteiger partial charge in [0.15, 0.2) is 0 Å². The lowest BCUT2D eigenvalue weighted by Crippen LogP contribution is -2.52. The SMILES string of the molecule is C=C(Br)CN1CC(C)(C)C1. The Labute approximate surface area is 71.2 Å². The molecule has 0 amide bonds. The van der Waals surface area contributed by atoms with E-state index in [0.29, 0.717) is 5.41 Å². The van der Waals surface area contributed by atoms with Crippen molar-refractivity contribution in [2.75, 3.05) is 19.6 Å². The summed E-state index contributed by atoms with van der Waals surface area (Å²) in [5.41, 5.74) is 0.544. The highest BCUT2D eigenvalue weighted by molar-refractivity contribution is 9.11. The molecular formula is C8H14BrN. The fourth-order valence-electron chi connectivity index (χ4n) is 1.52. The van der Waals surface area contributed by atoms with Crippen LogP contribution in [0.3, 0.4) is 0 Å². The van der Waals surface area contributed by atoms with E-state index < -0.39 is 0 Å². The summed E-state index contributed by atoms with van der Waals surface area (Å²) in [6.45, 7) is 11.8. The highest BCUT2D eigenvalue weighted by Gasteiger charge is 2.33. The lowest BCUT2D eigenvalue weighted by molar-refractivity contribution is 0.0419. The summed E-state index contributed by atoms with van der Waals surface area (Å²) in [6, 6.07) is 0. The van der Waals surface area contributed by atoms with Crippen LogP contribution in [0.1, 0.15) is 13.8 Å². The molecule has 0 spiro atoms. The van der Waals surface area contributed by atoms with E-state index in [9.17, 15) is 0 Å². The van der Waals surface area contributed by atoms with Gasteiger partial charge in [-0.1, -0.05) is 36.4 Å². The lowest BCUT2D eigenvalue weighted by atomic mass is 9.84. The average molecular weight is 204 g/mol. The van der Waals surface area contributed by atoms with Crippen LogP contribution < -0.4 is 0 Å². The highest BCUT2D eigenvalue weighted by atomic mass is 79.9. The van der Waals surface area contributed by atoms with Crippen LogP contribution in [0, 0.1) is 5.41 Å². The zero-order valence-electron chi connectivity index (χ0n) is 6.65. The van der Waals surface area contributed by atoms with E-state index in [0.717, 1.165) is 11.0 Å². The zero-order valence-corrected chi connectivity index (χ0v) is 8.24. The summed E-state index contributed by atoms with van der Waals surface area (Å²) in [6.07, 6.45) is 0. The summed E-state index contributed by atoms with van der Waals surface area (Å²) in [5.74, 6) is 0. The molecule has 10 heavy (non-hydrogen) atoms. The first-order chi connectivity index (χ1) is 4.49. The first-order valence-electron chi connectivity index (χ1n) is 3.55. The second-order valence-electron chi connectivity index (χ2n) is 3.83. The molecule has 1 aliphatic rings. The molecule has 2 heteroatoms. The molecule has 0 N–H and O–H groups in total. The molecule has 1 nitrogen and oxygen atoms in total. The number of nitrogens with zero attached hydrogens (tertiary/aromatic N) is 1. The van der Waals surface area contributed by atoms with Gasteiger partial charge in [-0.2, -0.15) is 0 Å². The van der Waals surface area contributed by atoms with Crippen molar-refractivity contribution >= 4 is 15.9 Å². The maximum absolute atomic E-state index is 3.80. The van der Waals surface area contributed by atoms with Crippen molar-refractivity contribution in [1.82, 2.24) is 4.90 Å². The lowest BCUT2D eigenvalue weighted by Gasteiger charge is -2.45. The van der Waals surface area contributed by atoms with Gasteiger partial charge in [-0.05, 0) is 5.41 Å². The maximum atomic E-state index is 3.80. The molecule has 1 aliphatic heterocycles. The number of hydrogen-bond donors (Lipinski definition) is 0. The minimum Gasteiger partial charge on any atom is -0.297 e. The van der Waals surface area contributed by atoms with Crippen molar-refractivity contribution in [1.29, 1.82) is 0 Å². The highest BCUT2D eigenvalue weighted by Crippen LogP contribution is 2.29. The Bertz CT molecular complexity index is 143. The van der Waals surface area contributed by atoms with E-state index in [2.05, 4.69) is 41.3 Å². The van der Waals surface area contributed by atoms with Gasteiger partial charge in [-0.25, -0.2) is 0 Å². The summed E-state index contributed by atoms with van der Waals surface area (Å²) < 4.78 is 1.09. The van der Waals surface area contributed by atoms with Crippen molar-refractivity contribution in [3.05, 3.63) is 11.1 Å². The van der Waals surface area contributed by atoms with Gasteiger partial charge in [0.1, 0.15) is 0 Å². The van der Waals surface area contributed by atoms with E-state index in [-0.39, 0.29) is 0 Å². The van der Waals surface area contributed by atoms with Crippen molar-refractivity contribution < 1.29 is 0 Å². The van der Waals surface area contributed by atoms with E-state index in [1.165, 1.54) is 13.1 Å². The van der Waals surface area contributed by atoms with Crippen LogP contribution in [0.5, 0.6) is 0 Å². The third-order valence-corrected chi connectivity index (χ3v) is 1.95. The Morgan fingerprint density at radius 2 is 2.10 bits per heavy atom. The fraction of sp³-hybridized carbons (Fsp3) is 0.750. The zero-order chi connectivity index (χ0) is 7.78. The van der Waals surface area contributed by atoms with Crippen LogP contribution in [-0.2, 0) is 0 Å². The molecule has 1 fully saturated rings. The smallest absolute Gasteiger partial charge is 0.0294 e. The second kappa shape index (κ2) is 2.67. The molecule has 0 aliphatic carbocycles. The first kappa shape index (κ1) is 8.28. The summed E-state index contributed by atoms with van der Waals surface area (Å²) in [4.78, 5) is 2.39. The molecule has 58 valence electrons. The van der Waals surface area contributed by atoms with Crippen molar-refractivity contribution in [2.45, 2.75) is 13.8 Å². The number of halogens is 1. The second-order valence-corrected chi connectivity index (χ2v) is 4.95.